The molecule has 0 bridgehead atoms. The lowest BCUT2D eigenvalue weighted by Crippen LogP contribution is -2.51. The SMILES string of the molecule is Cc1noc(=O)n1C/C=C\CC[C@@]1(C)C(=O)O[C@H](C(C)(C)C)N1OCc1ccccc1. The van der Waals surface area contributed by atoms with Crippen molar-refractivity contribution in [1.82, 2.24) is 14.8 Å². The molecule has 0 N–H and O–H groups in total. The van der Waals surface area contributed by atoms with Crippen molar-refractivity contribution in [3.63, 3.8) is 0 Å². The van der Waals surface area contributed by atoms with Crippen LogP contribution in [-0.2, 0) is 27.5 Å². The second kappa shape index (κ2) is 9.20. The highest BCUT2D eigenvalue weighted by Crippen LogP contribution is 2.40. The van der Waals surface area contributed by atoms with Crippen LogP contribution in [0.4, 0.5) is 0 Å². The summed E-state index contributed by atoms with van der Waals surface area (Å²) in [5.41, 5.74) is -0.209. The van der Waals surface area contributed by atoms with Crippen molar-refractivity contribution in [3.05, 3.63) is 64.4 Å². The van der Waals surface area contributed by atoms with Crippen LogP contribution in [0.25, 0.3) is 0 Å². The lowest BCUT2D eigenvalue weighted by Gasteiger charge is -2.37. The quantitative estimate of drug-likeness (QED) is 0.468. The van der Waals surface area contributed by atoms with Crippen LogP contribution in [0.5, 0.6) is 0 Å². The first-order valence-corrected chi connectivity index (χ1v) is 10.5. The molecule has 2 atom stereocenters. The van der Waals surface area contributed by atoms with Gasteiger partial charge in [-0.25, -0.2) is 9.59 Å². The van der Waals surface area contributed by atoms with Gasteiger partial charge in [0.2, 0.25) is 0 Å². The second-order valence-electron chi connectivity index (χ2n) is 9.10. The van der Waals surface area contributed by atoms with Gasteiger partial charge in [0.15, 0.2) is 12.1 Å². The molecule has 168 valence electrons. The van der Waals surface area contributed by atoms with Crippen molar-refractivity contribution < 1.29 is 18.9 Å². The number of cyclic esters (lactones) is 1. The topological polar surface area (TPSA) is 86.8 Å². The summed E-state index contributed by atoms with van der Waals surface area (Å²) in [5.74, 6) is -0.253. The van der Waals surface area contributed by atoms with Crippen molar-refractivity contribution in [2.75, 3.05) is 0 Å². The number of benzene rings is 1. The maximum absolute atomic E-state index is 12.9. The van der Waals surface area contributed by atoms with Crippen LogP contribution in [0, 0.1) is 12.3 Å². The summed E-state index contributed by atoms with van der Waals surface area (Å²) in [6, 6.07) is 9.84. The van der Waals surface area contributed by atoms with Crippen molar-refractivity contribution >= 4 is 5.97 Å². The molecule has 0 unspecified atom stereocenters. The lowest BCUT2D eigenvalue weighted by atomic mass is 9.91. The number of nitrogens with zero attached hydrogens (tertiary/aromatic N) is 3. The molecular formula is C23H31N3O5. The van der Waals surface area contributed by atoms with E-state index in [2.05, 4.69) is 9.68 Å². The van der Waals surface area contributed by atoms with Gasteiger partial charge in [-0.3, -0.25) is 13.9 Å². The Morgan fingerprint density at radius 3 is 2.52 bits per heavy atom. The van der Waals surface area contributed by atoms with Crippen LogP contribution in [-0.4, -0.2) is 32.5 Å². The molecule has 1 aromatic heterocycles. The number of carbonyl (C=O) groups excluding carboxylic acids is 1. The summed E-state index contributed by atoms with van der Waals surface area (Å²) in [5, 5.41) is 5.37. The molecule has 3 rings (SSSR count). The Hall–Kier alpha value is -2.71. The highest BCUT2D eigenvalue weighted by atomic mass is 16.7. The number of aryl methyl sites for hydroxylation is 1. The molecular weight excluding hydrogens is 398 g/mol. The number of hydrogen-bond donors (Lipinski definition) is 0. The van der Waals surface area contributed by atoms with Gasteiger partial charge in [-0.1, -0.05) is 68.4 Å². The van der Waals surface area contributed by atoms with E-state index in [9.17, 15) is 9.59 Å². The van der Waals surface area contributed by atoms with Crippen LogP contribution in [0.15, 0.2) is 51.8 Å². The fourth-order valence-electron chi connectivity index (χ4n) is 3.50. The maximum Gasteiger partial charge on any atom is 0.441 e. The Balaban J connectivity index is 1.69. The Labute approximate surface area is 182 Å². The maximum atomic E-state index is 12.9. The Morgan fingerprint density at radius 1 is 1.19 bits per heavy atom. The first-order valence-electron chi connectivity index (χ1n) is 10.5. The summed E-state index contributed by atoms with van der Waals surface area (Å²) in [6.45, 7) is 10.4. The molecule has 2 heterocycles. The summed E-state index contributed by atoms with van der Waals surface area (Å²) in [7, 11) is 0. The zero-order valence-electron chi connectivity index (χ0n) is 18.8. The van der Waals surface area contributed by atoms with Gasteiger partial charge in [-0.2, -0.15) is 0 Å². The van der Waals surface area contributed by atoms with Gasteiger partial charge in [0, 0.05) is 12.0 Å². The fourth-order valence-corrected chi connectivity index (χ4v) is 3.50. The molecule has 1 aliphatic heterocycles. The highest BCUT2D eigenvalue weighted by Gasteiger charge is 2.56. The summed E-state index contributed by atoms with van der Waals surface area (Å²) in [4.78, 5) is 30.6. The second-order valence-corrected chi connectivity index (χ2v) is 9.10. The number of hydroxylamine groups is 2. The Bertz CT molecular complexity index is 973. The Kier molecular flexibility index (Phi) is 6.81. The van der Waals surface area contributed by atoms with E-state index in [1.54, 1.807) is 12.0 Å². The number of aromatic nitrogens is 2. The molecule has 1 fully saturated rings. The van der Waals surface area contributed by atoms with Crippen LogP contribution >= 0.6 is 0 Å². The molecule has 2 aromatic rings. The first kappa shape index (κ1) is 23.0. The third kappa shape index (κ3) is 5.14. The molecule has 0 aliphatic carbocycles. The molecule has 31 heavy (non-hydrogen) atoms. The minimum absolute atomic E-state index is 0.292. The van der Waals surface area contributed by atoms with Crippen LogP contribution in [0.1, 0.15) is 51.9 Å². The van der Waals surface area contributed by atoms with Gasteiger partial charge in [-0.05, 0) is 32.3 Å². The van der Waals surface area contributed by atoms with E-state index in [0.29, 0.717) is 31.8 Å². The number of esters is 1. The summed E-state index contributed by atoms with van der Waals surface area (Å²) >= 11 is 0. The van der Waals surface area contributed by atoms with E-state index in [1.807, 2.05) is 70.2 Å². The smallest absolute Gasteiger partial charge is 0.441 e. The first-order chi connectivity index (χ1) is 14.6. The zero-order valence-corrected chi connectivity index (χ0v) is 18.8. The van der Waals surface area contributed by atoms with Crippen LogP contribution in [0.2, 0.25) is 0 Å². The molecule has 1 aromatic carbocycles. The molecule has 1 aliphatic rings. The van der Waals surface area contributed by atoms with E-state index in [0.717, 1.165) is 5.56 Å². The standard InChI is InChI=1S/C23H31N3O5/c1-17-24-31-21(28)25(17)15-11-7-10-14-23(5)20(27)30-19(22(2,3)4)26(23)29-16-18-12-8-6-9-13-18/h6-9,11-13,19H,10,14-16H2,1-5H3/b11-7-/t19-,23+/m1/s1. The van der Waals surface area contributed by atoms with E-state index in [4.69, 9.17) is 9.57 Å². The average Bonchev–Trinajstić information content (AvgIpc) is 3.17. The average molecular weight is 430 g/mol. The van der Waals surface area contributed by atoms with Gasteiger partial charge in [-0.15, -0.1) is 5.06 Å². The molecule has 8 nitrogen and oxygen atoms in total. The fraction of sp³-hybridized carbons (Fsp3) is 0.522. The highest BCUT2D eigenvalue weighted by molar-refractivity contribution is 5.82. The van der Waals surface area contributed by atoms with Gasteiger partial charge in [0.05, 0.1) is 6.61 Å². The molecule has 0 spiro atoms. The third-order valence-corrected chi connectivity index (χ3v) is 5.43. The number of ether oxygens (including phenoxy) is 1. The van der Waals surface area contributed by atoms with E-state index in [1.165, 1.54) is 4.57 Å². The lowest BCUT2D eigenvalue weighted by molar-refractivity contribution is -0.270. The largest absolute Gasteiger partial charge is 0.442 e. The zero-order chi connectivity index (χ0) is 22.6. The Morgan fingerprint density at radius 2 is 1.90 bits per heavy atom. The van der Waals surface area contributed by atoms with Gasteiger partial charge in [0.25, 0.3) is 0 Å². The molecule has 0 radical (unpaired) electrons. The molecule has 0 amide bonds. The third-order valence-electron chi connectivity index (χ3n) is 5.43. The van der Waals surface area contributed by atoms with E-state index in [-0.39, 0.29) is 11.4 Å². The van der Waals surface area contributed by atoms with Crippen molar-refractivity contribution in [2.45, 2.75) is 72.4 Å². The van der Waals surface area contributed by atoms with Gasteiger partial charge < -0.3 is 4.74 Å². The number of hydrogen-bond acceptors (Lipinski definition) is 7. The van der Waals surface area contributed by atoms with Crippen LogP contribution < -0.4 is 5.76 Å². The summed E-state index contributed by atoms with van der Waals surface area (Å²) in [6.07, 6.45) is 4.45. The van der Waals surface area contributed by atoms with Crippen molar-refractivity contribution in [1.29, 1.82) is 0 Å². The van der Waals surface area contributed by atoms with Gasteiger partial charge >= 0.3 is 11.7 Å². The van der Waals surface area contributed by atoms with Crippen molar-refractivity contribution in [2.24, 2.45) is 5.41 Å². The predicted molar refractivity (Wildman–Crippen MR) is 115 cm³/mol. The minimum atomic E-state index is -0.916. The van der Waals surface area contributed by atoms with Gasteiger partial charge in [0.1, 0.15) is 5.54 Å². The molecule has 0 saturated carbocycles. The predicted octanol–water partition coefficient (Wildman–Crippen LogP) is 3.60. The van der Waals surface area contributed by atoms with E-state index >= 15 is 0 Å². The number of carbonyl (C=O) groups is 1. The monoisotopic (exact) mass is 429 g/mol. The minimum Gasteiger partial charge on any atom is -0.442 e. The van der Waals surface area contributed by atoms with Crippen molar-refractivity contribution in [3.8, 4) is 0 Å². The van der Waals surface area contributed by atoms with Crippen LogP contribution in [0.3, 0.4) is 0 Å². The summed E-state index contributed by atoms with van der Waals surface area (Å²) < 4.78 is 11.8. The normalized spacial score (nSPS) is 22.4. The molecule has 8 heteroatoms. The number of rotatable bonds is 8. The number of allylic oxidation sites excluding steroid dienone is 2. The van der Waals surface area contributed by atoms with E-state index < -0.39 is 17.5 Å². The molecule has 1 saturated heterocycles.